The van der Waals surface area contributed by atoms with Gasteiger partial charge in [0.1, 0.15) is 5.75 Å². The minimum atomic E-state index is 0.0977. The summed E-state index contributed by atoms with van der Waals surface area (Å²) in [6.45, 7) is 2.12. The predicted octanol–water partition coefficient (Wildman–Crippen LogP) is 1.98. The third-order valence-electron chi connectivity index (χ3n) is 3.34. The zero-order valence-electron chi connectivity index (χ0n) is 11.0. The smallest absolute Gasteiger partial charge is 0.224 e. The van der Waals surface area contributed by atoms with Crippen LogP contribution in [0, 0.1) is 5.92 Å². The van der Waals surface area contributed by atoms with Crippen molar-refractivity contribution in [1.82, 2.24) is 4.90 Å². The van der Waals surface area contributed by atoms with Gasteiger partial charge in [-0.25, -0.2) is 0 Å². The Morgan fingerprint density at radius 1 is 1.44 bits per heavy atom. The van der Waals surface area contributed by atoms with Crippen LogP contribution < -0.4 is 10.1 Å². The number of hydrogen-bond acceptors (Lipinski definition) is 3. The molecule has 1 atom stereocenters. The number of nitrogens with zero attached hydrogens (tertiary/aromatic N) is 1. The quantitative estimate of drug-likeness (QED) is 0.885. The minimum absolute atomic E-state index is 0.0977. The van der Waals surface area contributed by atoms with Crippen molar-refractivity contribution in [3.05, 3.63) is 24.3 Å². The summed E-state index contributed by atoms with van der Waals surface area (Å²) in [5.41, 5.74) is 0.826. The van der Waals surface area contributed by atoms with Crippen molar-refractivity contribution >= 4 is 11.6 Å². The van der Waals surface area contributed by atoms with Crippen LogP contribution in [0.3, 0.4) is 0 Å². The number of likely N-dealkylation sites (tertiary alicyclic amines) is 1. The van der Waals surface area contributed by atoms with Gasteiger partial charge in [-0.05, 0) is 50.2 Å². The van der Waals surface area contributed by atoms with E-state index in [4.69, 9.17) is 4.74 Å². The second kappa shape index (κ2) is 5.87. The van der Waals surface area contributed by atoms with E-state index < -0.39 is 0 Å². The number of carbonyl (C=O) groups is 1. The summed E-state index contributed by atoms with van der Waals surface area (Å²) in [6, 6.07) is 7.41. The first kappa shape index (κ1) is 12.9. The van der Waals surface area contributed by atoms with Gasteiger partial charge >= 0.3 is 0 Å². The zero-order valence-corrected chi connectivity index (χ0v) is 11.0. The standard InChI is InChI=1S/C14H20N2O2/c1-16-8-7-11(10-16)9-14(17)15-12-3-5-13(18-2)6-4-12/h3-6,11H,7-10H2,1-2H3,(H,15,17). The Morgan fingerprint density at radius 2 is 2.17 bits per heavy atom. The molecule has 1 fully saturated rings. The number of carbonyl (C=O) groups excluding carboxylic acids is 1. The first-order valence-electron chi connectivity index (χ1n) is 6.30. The molecule has 1 aliphatic heterocycles. The third-order valence-corrected chi connectivity index (χ3v) is 3.34. The van der Waals surface area contributed by atoms with Crippen LogP contribution in [-0.4, -0.2) is 38.1 Å². The van der Waals surface area contributed by atoms with E-state index in [1.807, 2.05) is 24.3 Å². The fourth-order valence-corrected chi connectivity index (χ4v) is 2.34. The number of ether oxygens (including phenoxy) is 1. The summed E-state index contributed by atoms with van der Waals surface area (Å²) >= 11 is 0. The van der Waals surface area contributed by atoms with Crippen molar-refractivity contribution in [2.24, 2.45) is 5.92 Å². The lowest BCUT2D eigenvalue weighted by atomic mass is 10.0. The van der Waals surface area contributed by atoms with Gasteiger partial charge in [0.25, 0.3) is 0 Å². The van der Waals surface area contributed by atoms with E-state index in [0.717, 1.165) is 30.9 Å². The maximum absolute atomic E-state index is 11.9. The molecule has 1 aromatic rings. The number of benzene rings is 1. The van der Waals surface area contributed by atoms with Crippen LogP contribution in [0.25, 0.3) is 0 Å². The topological polar surface area (TPSA) is 41.6 Å². The lowest BCUT2D eigenvalue weighted by molar-refractivity contribution is -0.117. The fraction of sp³-hybridized carbons (Fsp3) is 0.500. The van der Waals surface area contributed by atoms with Crippen LogP contribution in [0.15, 0.2) is 24.3 Å². The number of amides is 1. The monoisotopic (exact) mass is 248 g/mol. The van der Waals surface area contributed by atoms with Crippen LogP contribution >= 0.6 is 0 Å². The normalized spacial score (nSPS) is 19.8. The van der Waals surface area contributed by atoms with Gasteiger partial charge in [-0.1, -0.05) is 0 Å². The van der Waals surface area contributed by atoms with Gasteiger partial charge in [-0.2, -0.15) is 0 Å². The van der Waals surface area contributed by atoms with Crippen molar-refractivity contribution < 1.29 is 9.53 Å². The summed E-state index contributed by atoms with van der Waals surface area (Å²) < 4.78 is 5.08. The number of methoxy groups -OCH3 is 1. The van der Waals surface area contributed by atoms with Crippen LogP contribution in [0.1, 0.15) is 12.8 Å². The summed E-state index contributed by atoms with van der Waals surface area (Å²) in [6.07, 6.45) is 1.73. The average Bonchev–Trinajstić information content (AvgIpc) is 2.75. The Morgan fingerprint density at radius 3 is 2.72 bits per heavy atom. The van der Waals surface area contributed by atoms with Crippen molar-refractivity contribution in [1.29, 1.82) is 0 Å². The number of rotatable bonds is 4. The van der Waals surface area contributed by atoms with Crippen LogP contribution in [0.4, 0.5) is 5.69 Å². The van der Waals surface area contributed by atoms with Gasteiger partial charge in [0.05, 0.1) is 7.11 Å². The van der Waals surface area contributed by atoms with E-state index in [9.17, 15) is 4.79 Å². The molecule has 1 saturated heterocycles. The van der Waals surface area contributed by atoms with Crippen molar-refractivity contribution in [2.45, 2.75) is 12.8 Å². The fourth-order valence-electron chi connectivity index (χ4n) is 2.34. The molecule has 1 amide bonds. The van der Waals surface area contributed by atoms with Gasteiger partial charge in [-0.15, -0.1) is 0 Å². The summed E-state index contributed by atoms with van der Waals surface area (Å²) in [4.78, 5) is 14.1. The van der Waals surface area contributed by atoms with E-state index >= 15 is 0 Å². The molecule has 1 aliphatic rings. The highest BCUT2D eigenvalue weighted by molar-refractivity contribution is 5.90. The molecular formula is C14H20N2O2. The second-order valence-corrected chi connectivity index (χ2v) is 4.90. The minimum Gasteiger partial charge on any atom is -0.497 e. The van der Waals surface area contributed by atoms with E-state index in [-0.39, 0.29) is 5.91 Å². The molecule has 1 heterocycles. The molecule has 4 nitrogen and oxygen atoms in total. The summed E-state index contributed by atoms with van der Waals surface area (Å²) in [7, 11) is 3.73. The molecule has 18 heavy (non-hydrogen) atoms. The first-order valence-corrected chi connectivity index (χ1v) is 6.30. The van der Waals surface area contributed by atoms with Crippen molar-refractivity contribution in [3.8, 4) is 5.75 Å². The van der Waals surface area contributed by atoms with E-state index in [1.54, 1.807) is 7.11 Å². The van der Waals surface area contributed by atoms with Crippen LogP contribution in [0.5, 0.6) is 5.75 Å². The summed E-state index contributed by atoms with van der Waals surface area (Å²) in [5.74, 6) is 1.39. The number of hydrogen-bond donors (Lipinski definition) is 1. The maximum Gasteiger partial charge on any atom is 0.224 e. The van der Waals surface area contributed by atoms with Gasteiger partial charge in [0, 0.05) is 18.7 Å². The molecule has 4 heteroatoms. The highest BCUT2D eigenvalue weighted by Gasteiger charge is 2.21. The lowest BCUT2D eigenvalue weighted by Crippen LogP contribution is -2.19. The molecule has 0 aromatic heterocycles. The Bertz CT molecular complexity index is 403. The molecule has 98 valence electrons. The van der Waals surface area contributed by atoms with Gasteiger partial charge in [0.2, 0.25) is 5.91 Å². The molecule has 0 bridgehead atoms. The van der Waals surface area contributed by atoms with E-state index in [0.29, 0.717) is 12.3 Å². The Kier molecular flexibility index (Phi) is 4.20. The molecule has 0 spiro atoms. The lowest BCUT2D eigenvalue weighted by Gasteiger charge is -2.11. The molecule has 0 aliphatic carbocycles. The van der Waals surface area contributed by atoms with Gasteiger partial charge in [-0.3, -0.25) is 4.79 Å². The Hall–Kier alpha value is -1.55. The molecule has 2 rings (SSSR count). The molecule has 1 unspecified atom stereocenters. The third kappa shape index (κ3) is 3.47. The zero-order chi connectivity index (χ0) is 13.0. The molecular weight excluding hydrogens is 228 g/mol. The Labute approximate surface area is 108 Å². The van der Waals surface area contributed by atoms with Gasteiger partial charge in [0.15, 0.2) is 0 Å². The van der Waals surface area contributed by atoms with Crippen molar-refractivity contribution in [3.63, 3.8) is 0 Å². The van der Waals surface area contributed by atoms with E-state index in [2.05, 4.69) is 17.3 Å². The van der Waals surface area contributed by atoms with E-state index in [1.165, 1.54) is 0 Å². The van der Waals surface area contributed by atoms with Crippen LogP contribution in [-0.2, 0) is 4.79 Å². The number of nitrogens with one attached hydrogen (secondary N) is 1. The summed E-state index contributed by atoms with van der Waals surface area (Å²) in [5, 5.41) is 2.92. The van der Waals surface area contributed by atoms with Crippen molar-refractivity contribution in [2.75, 3.05) is 32.6 Å². The molecule has 1 N–H and O–H groups in total. The SMILES string of the molecule is COc1ccc(NC(=O)CC2CCN(C)C2)cc1. The largest absolute Gasteiger partial charge is 0.497 e. The molecule has 0 radical (unpaired) electrons. The number of anilines is 1. The molecule has 1 aromatic carbocycles. The average molecular weight is 248 g/mol. The highest BCUT2D eigenvalue weighted by atomic mass is 16.5. The van der Waals surface area contributed by atoms with Crippen LogP contribution in [0.2, 0.25) is 0 Å². The molecule has 0 saturated carbocycles. The second-order valence-electron chi connectivity index (χ2n) is 4.90. The predicted molar refractivity (Wildman–Crippen MR) is 71.8 cm³/mol. The van der Waals surface area contributed by atoms with Gasteiger partial charge < -0.3 is 15.0 Å². The Balaban J connectivity index is 1.83. The first-order chi connectivity index (χ1) is 8.67. The highest BCUT2D eigenvalue weighted by Crippen LogP contribution is 2.20. The maximum atomic E-state index is 11.9.